The summed E-state index contributed by atoms with van der Waals surface area (Å²) in [4.78, 5) is 22.5. The van der Waals surface area contributed by atoms with Gasteiger partial charge in [0.05, 0.1) is 11.0 Å². The minimum absolute atomic E-state index is 0.0401. The Labute approximate surface area is 171 Å². The summed E-state index contributed by atoms with van der Waals surface area (Å²) in [6.45, 7) is 1.86. The smallest absolute Gasteiger partial charge is 0.269 e. The fourth-order valence-electron chi connectivity index (χ4n) is 2.81. The van der Waals surface area contributed by atoms with E-state index in [4.69, 9.17) is 12.2 Å². The summed E-state index contributed by atoms with van der Waals surface area (Å²) in [5.74, 6) is 0.196. The van der Waals surface area contributed by atoms with Crippen molar-refractivity contribution >= 4 is 23.8 Å². The number of nitro groups is 1. The van der Waals surface area contributed by atoms with Crippen LogP contribution < -0.4 is 5.32 Å². The highest BCUT2D eigenvalue weighted by atomic mass is 32.1. The zero-order valence-electron chi connectivity index (χ0n) is 15.5. The van der Waals surface area contributed by atoms with Crippen molar-refractivity contribution < 1.29 is 14.8 Å². The largest absolute Gasteiger partial charge is 0.387 e. The van der Waals surface area contributed by atoms with E-state index < -0.39 is 11.0 Å². The molecular formula is C19H19N5O4S. The predicted molar refractivity (Wildman–Crippen MR) is 109 cm³/mol. The van der Waals surface area contributed by atoms with E-state index in [1.165, 1.54) is 24.3 Å². The van der Waals surface area contributed by atoms with Gasteiger partial charge in [-0.05, 0) is 42.9 Å². The molecule has 0 aliphatic carbocycles. The number of nitro benzene ring substituents is 1. The SMILES string of the molecule is Cc1cccc(-c2n[nH]c(=S)n2CC(=O)NC[C@@H](O)c2ccc([N+](=O)[O-])cc2)c1. The summed E-state index contributed by atoms with van der Waals surface area (Å²) < 4.78 is 1.89. The maximum atomic E-state index is 12.4. The quantitative estimate of drug-likeness (QED) is 0.311. The third-order valence-electron chi connectivity index (χ3n) is 4.32. The first kappa shape index (κ1) is 20.4. The number of H-pyrrole nitrogens is 1. The molecule has 29 heavy (non-hydrogen) atoms. The molecule has 3 aromatic rings. The van der Waals surface area contributed by atoms with E-state index in [1.807, 2.05) is 31.2 Å². The van der Waals surface area contributed by atoms with Gasteiger partial charge in [-0.25, -0.2) is 0 Å². The molecule has 1 atom stereocenters. The molecule has 3 rings (SSSR count). The number of aryl methyl sites for hydroxylation is 1. The number of carbonyl (C=O) groups is 1. The summed E-state index contributed by atoms with van der Waals surface area (Å²) in [5, 5.41) is 30.5. The van der Waals surface area contributed by atoms with Crippen LogP contribution in [-0.4, -0.2) is 37.2 Å². The van der Waals surface area contributed by atoms with E-state index in [0.29, 0.717) is 16.2 Å². The number of nitrogens with one attached hydrogen (secondary N) is 2. The van der Waals surface area contributed by atoms with Gasteiger partial charge in [-0.3, -0.25) is 24.6 Å². The molecule has 2 aromatic carbocycles. The lowest BCUT2D eigenvalue weighted by Crippen LogP contribution is -2.31. The second kappa shape index (κ2) is 8.76. The van der Waals surface area contributed by atoms with Gasteiger partial charge in [-0.2, -0.15) is 5.10 Å². The number of aliphatic hydroxyl groups is 1. The van der Waals surface area contributed by atoms with Crippen LogP contribution in [0, 0.1) is 21.8 Å². The van der Waals surface area contributed by atoms with Crippen molar-refractivity contribution in [3.63, 3.8) is 0 Å². The highest BCUT2D eigenvalue weighted by Crippen LogP contribution is 2.19. The lowest BCUT2D eigenvalue weighted by Gasteiger charge is -2.13. The van der Waals surface area contributed by atoms with Crippen LogP contribution in [0.25, 0.3) is 11.4 Å². The molecule has 0 saturated heterocycles. The van der Waals surface area contributed by atoms with E-state index in [2.05, 4.69) is 15.5 Å². The number of aromatic amines is 1. The number of benzene rings is 2. The number of hydrogen-bond donors (Lipinski definition) is 3. The van der Waals surface area contributed by atoms with Crippen molar-refractivity contribution in [2.45, 2.75) is 19.6 Å². The second-order valence-electron chi connectivity index (χ2n) is 6.48. The van der Waals surface area contributed by atoms with Crippen molar-refractivity contribution in [1.82, 2.24) is 20.1 Å². The predicted octanol–water partition coefficient (Wildman–Crippen LogP) is 2.67. The van der Waals surface area contributed by atoms with Crippen LogP contribution >= 0.6 is 12.2 Å². The van der Waals surface area contributed by atoms with Crippen molar-refractivity contribution in [1.29, 1.82) is 0 Å². The third-order valence-corrected chi connectivity index (χ3v) is 4.63. The lowest BCUT2D eigenvalue weighted by molar-refractivity contribution is -0.384. The molecule has 1 aromatic heterocycles. The molecule has 3 N–H and O–H groups in total. The van der Waals surface area contributed by atoms with Crippen LogP contribution in [0.5, 0.6) is 0 Å². The standard InChI is InChI=1S/C19H19N5O4S/c1-12-3-2-4-14(9-12)18-21-22-19(29)23(18)11-17(26)20-10-16(25)13-5-7-15(8-6-13)24(27)28/h2-9,16,25H,10-11H2,1H3,(H,20,26)(H,22,29)/t16-/m1/s1. The molecule has 1 amide bonds. The van der Waals surface area contributed by atoms with E-state index in [-0.39, 0.29) is 24.7 Å². The molecule has 0 fully saturated rings. The number of aromatic nitrogens is 3. The topological polar surface area (TPSA) is 126 Å². The molecule has 0 bridgehead atoms. The molecule has 0 aliphatic heterocycles. The Morgan fingerprint density at radius 2 is 2.07 bits per heavy atom. The van der Waals surface area contributed by atoms with Gasteiger partial charge in [0.2, 0.25) is 5.91 Å². The van der Waals surface area contributed by atoms with Gasteiger partial charge in [-0.15, -0.1) is 0 Å². The molecule has 0 unspecified atom stereocenters. The Kier molecular flexibility index (Phi) is 6.15. The zero-order chi connectivity index (χ0) is 21.0. The number of nitrogens with zero attached hydrogens (tertiary/aromatic N) is 3. The van der Waals surface area contributed by atoms with Gasteiger partial charge < -0.3 is 10.4 Å². The van der Waals surface area contributed by atoms with Gasteiger partial charge in [0, 0.05) is 24.2 Å². The van der Waals surface area contributed by atoms with Crippen LogP contribution in [0.3, 0.4) is 0 Å². The number of hydrogen-bond acceptors (Lipinski definition) is 6. The maximum absolute atomic E-state index is 12.4. The number of carbonyl (C=O) groups excluding carboxylic acids is 1. The van der Waals surface area contributed by atoms with Crippen molar-refractivity contribution in [2.24, 2.45) is 0 Å². The Bertz CT molecular complexity index is 1090. The van der Waals surface area contributed by atoms with E-state index in [1.54, 1.807) is 4.57 Å². The fraction of sp³-hybridized carbons (Fsp3) is 0.211. The number of amides is 1. The summed E-state index contributed by atoms with van der Waals surface area (Å²) in [5.41, 5.74) is 2.29. The van der Waals surface area contributed by atoms with Crippen molar-refractivity contribution in [3.05, 3.63) is 74.5 Å². The molecule has 10 heteroatoms. The molecule has 0 aliphatic rings. The third kappa shape index (κ3) is 4.92. The molecule has 0 saturated carbocycles. The summed E-state index contributed by atoms with van der Waals surface area (Å²) in [7, 11) is 0. The highest BCUT2D eigenvalue weighted by Gasteiger charge is 2.15. The Morgan fingerprint density at radius 1 is 1.34 bits per heavy atom. The van der Waals surface area contributed by atoms with Gasteiger partial charge >= 0.3 is 0 Å². The van der Waals surface area contributed by atoms with E-state index in [9.17, 15) is 20.0 Å². The van der Waals surface area contributed by atoms with Crippen LogP contribution in [0.15, 0.2) is 48.5 Å². The number of aliphatic hydroxyl groups excluding tert-OH is 1. The molecule has 1 heterocycles. The van der Waals surface area contributed by atoms with Crippen LogP contribution in [0.2, 0.25) is 0 Å². The first-order valence-electron chi connectivity index (χ1n) is 8.76. The molecule has 150 valence electrons. The average molecular weight is 413 g/mol. The average Bonchev–Trinajstić information content (AvgIpc) is 3.06. The molecular weight excluding hydrogens is 394 g/mol. The summed E-state index contributed by atoms with van der Waals surface area (Å²) in [6.07, 6.45) is -0.992. The first-order chi connectivity index (χ1) is 13.8. The van der Waals surface area contributed by atoms with Gasteiger partial charge in [-0.1, -0.05) is 23.8 Å². The fourth-order valence-corrected chi connectivity index (χ4v) is 3.01. The van der Waals surface area contributed by atoms with Gasteiger partial charge in [0.25, 0.3) is 5.69 Å². The minimum atomic E-state index is -0.992. The lowest BCUT2D eigenvalue weighted by atomic mass is 10.1. The number of rotatable bonds is 7. The van der Waals surface area contributed by atoms with Gasteiger partial charge in [0.15, 0.2) is 10.6 Å². The monoisotopic (exact) mass is 413 g/mol. The maximum Gasteiger partial charge on any atom is 0.269 e. The van der Waals surface area contributed by atoms with E-state index in [0.717, 1.165) is 11.1 Å². The normalized spacial score (nSPS) is 11.8. The zero-order valence-corrected chi connectivity index (χ0v) is 16.3. The summed E-state index contributed by atoms with van der Waals surface area (Å²) >= 11 is 5.23. The van der Waals surface area contributed by atoms with Crippen molar-refractivity contribution in [3.8, 4) is 11.4 Å². The van der Waals surface area contributed by atoms with Crippen LogP contribution in [0.4, 0.5) is 5.69 Å². The molecule has 9 nitrogen and oxygen atoms in total. The minimum Gasteiger partial charge on any atom is -0.387 e. The second-order valence-corrected chi connectivity index (χ2v) is 6.86. The Morgan fingerprint density at radius 3 is 2.72 bits per heavy atom. The highest BCUT2D eigenvalue weighted by molar-refractivity contribution is 7.71. The van der Waals surface area contributed by atoms with Gasteiger partial charge in [0.1, 0.15) is 6.54 Å². The van der Waals surface area contributed by atoms with E-state index >= 15 is 0 Å². The number of non-ortho nitro benzene ring substituents is 1. The van der Waals surface area contributed by atoms with Crippen LogP contribution in [-0.2, 0) is 11.3 Å². The van der Waals surface area contributed by atoms with Crippen molar-refractivity contribution in [2.75, 3.05) is 6.54 Å². The summed E-state index contributed by atoms with van der Waals surface area (Å²) in [6, 6.07) is 13.2. The molecule has 0 radical (unpaired) electrons. The Hall–Kier alpha value is -3.37. The first-order valence-corrected chi connectivity index (χ1v) is 9.17. The Balaban J connectivity index is 1.65. The van der Waals surface area contributed by atoms with Crippen LogP contribution in [0.1, 0.15) is 17.2 Å². The molecule has 0 spiro atoms.